The quantitative estimate of drug-likeness (QED) is 0.417. The highest BCUT2D eigenvalue weighted by atomic mass is 32.1. The molecule has 0 fully saturated rings. The van der Waals surface area contributed by atoms with Gasteiger partial charge in [0.15, 0.2) is 5.82 Å². The van der Waals surface area contributed by atoms with Crippen molar-refractivity contribution >= 4 is 33.3 Å². The highest BCUT2D eigenvalue weighted by molar-refractivity contribution is 7.20. The van der Waals surface area contributed by atoms with Crippen molar-refractivity contribution in [1.82, 2.24) is 20.1 Å². The average molecular weight is 438 g/mol. The molecule has 0 aliphatic rings. The molecule has 0 aliphatic carbocycles. The highest BCUT2D eigenvalue weighted by Crippen LogP contribution is 2.35. The summed E-state index contributed by atoms with van der Waals surface area (Å²) in [6.45, 7) is 7.73. The predicted octanol–water partition coefficient (Wildman–Crippen LogP) is 4.63. The van der Waals surface area contributed by atoms with E-state index in [1.165, 1.54) is 11.3 Å². The fourth-order valence-electron chi connectivity index (χ4n) is 3.30. The van der Waals surface area contributed by atoms with Crippen LogP contribution in [0.2, 0.25) is 0 Å². The number of aromatic nitrogens is 4. The van der Waals surface area contributed by atoms with Gasteiger partial charge in [-0.25, -0.2) is 14.8 Å². The Morgan fingerprint density at radius 1 is 1.19 bits per heavy atom. The first-order valence-corrected chi connectivity index (χ1v) is 10.9. The number of carbonyl (C=O) groups excluding carboxylic acids is 1. The third-order valence-electron chi connectivity index (χ3n) is 4.78. The number of esters is 1. The highest BCUT2D eigenvalue weighted by Gasteiger charge is 2.23. The number of thiophene rings is 1. The maximum Gasteiger partial charge on any atom is 0.348 e. The molecule has 1 atom stereocenters. The Balaban J connectivity index is 1.60. The van der Waals surface area contributed by atoms with E-state index in [1.54, 1.807) is 6.92 Å². The molecule has 0 spiro atoms. The van der Waals surface area contributed by atoms with Gasteiger partial charge in [-0.15, -0.1) is 11.3 Å². The number of nitrogens with one attached hydrogen (secondary N) is 1. The maximum absolute atomic E-state index is 12.3. The first kappa shape index (κ1) is 20.9. The molecule has 9 heteroatoms. The molecule has 0 saturated heterocycles. The summed E-state index contributed by atoms with van der Waals surface area (Å²) in [7, 11) is 0. The van der Waals surface area contributed by atoms with E-state index in [0.717, 1.165) is 21.3 Å². The van der Waals surface area contributed by atoms with Crippen LogP contribution in [0, 0.1) is 13.8 Å². The first-order valence-electron chi connectivity index (χ1n) is 10.0. The number of nitrogens with zero attached hydrogens (tertiary/aromatic N) is 4. The smallest absolute Gasteiger partial charge is 0.348 e. The molecule has 0 amide bonds. The Morgan fingerprint density at radius 3 is 2.71 bits per heavy atom. The van der Waals surface area contributed by atoms with Crippen LogP contribution in [0.25, 0.3) is 10.2 Å². The molecule has 4 aromatic rings. The molecule has 1 unspecified atom stereocenters. The van der Waals surface area contributed by atoms with Crippen LogP contribution in [0.15, 0.2) is 34.9 Å². The maximum atomic E-state index is 12.3. The SMILES string of the molecule is CCOC(=O)c1sc2nc(C)nc(NC(C)c3nc(Cc4ccccc4)no3)c2c1C. The Morgan fingerprint density at radius 2 is 1.97 bits per heavy atom. The summed E-state index contributed by atoms with van der Waals surface area (Å²) < 4.78 is 10.7. The first-order chi connectivity index (χ1) is 15.0. The summed E-state index contributed by atoms with van der Waals surface area (Å²) >= 11 is 1.31. The van der Waals surface area contributed by atoms with Crippen molar-refractivity contribution in [3.8, 4) is 0 Å². The minimum atomic E-state index is -0.345. The third kappa shape index (κ3) is 4.41. The van der Waals surface area contributed by atoms with Gasteiger partial charge < -0.3 is 14.6 Å². The van der Waals surface area contributed by atoms with Crippen molar-refractivity contribution in [3.05, 3.63) is 63.9 Å². The van der Waals surface area contributed by atoms with Crippen molar-refractivity contribution in [3.63, 3.8) is 0 Å². The van der Waals surface area contributed by atoms with Gasteiger partial charge in [0.2, 0.25) is 5.89 Å². The van der Waals surface area contributed by atoms with E-state index in [-0.39, 0.29) is 12.0 Å². The summed E-state index contributed by atoms with van der Waals surface area (Å²) in [5, 5.41) is 8.25. The number of hydrogen-bond donors (Lipinski definition) is 1. The molecular formula is C22H23N5O3S. The molecule has 1 N–H and O–H groups in total. The van der Waals surface area contributed by atoms with Gasteiger partial charge in [0.05, 0.1) is 12.0 Å². The van der Waals surface area contributed by atoms with Gasteiger partial charge in [-0.1, -0.05) is 35.5 Å². The minimum Gasteiger partial charge on any atom is -0.462 e. The molecule has 160 valence electrons. The Labute approximate surface area is 183 Å². The largest absolute Gasteiger partial charge is 0.462 e. The van der Waals surface area contributed by atoms with Crippen molar-refractivity contribution < 1.29 is 14.1 Å². The Kier molecular flexibility index (Phi) is 5.94. The van der Waals surface area contributed by atoms with Crippen LogP contribution in [-0.2, 0) is 11.2 Å². The lowest BCUT2D eigenvalue weighted by Gasteiger charge is -2.12. The molecular weight excluding hydrogens is 414 g/mol. The van der Waals surface area contributed by atoms with Crippen LogP contribution < -0.4 is 5.32 Å². The normalized spacial score (nSPS) is 12.1. The van der Waals surface area contributed by atoms with Crippen molar-refractivity contribution in [1.29, 1.82) is 0 Å². The molecule has 31 heavy (non-hydrogen) atoms. The zero-order valence-corrected chi connectivity index (χ0v) is 18.6. The minimum absolute atomic E-state index is 0.278. The van der Waals surface area contributed by atoms with Gasteiger partial charge in [0.25, 0.3) is 0 Å². The second kappa shape index (κ2) is 8.81. The van der Waals surface area contributed by atoms with Gasteiger partial charge >= 0.3 is 5.97 Å². The number of carbonyl (C=O) groups is 1. The third-order valence-corrected chi connectivity index (χ3v) is 5.94. The number of rotatable bonds is 7. The van der Waals surface area contributed by atoms with Gasteiger partial charge in [-0.05, 0) is 38.8 Å². The molecule has 3 heterocycles. The summed E-state index contributed by atoms with van der Waals surface area (Å²) in [5.74, 6) is 1.97. The number of anilines is 1. The fourth-order valence-corrected chi connectivity index (χ4v) is 4.42. The Bertz CT molecular complexity index is 1220. The van der Waals surface area contributed by atoms with E-state index in [1.807, 2.05) is 51.1 Å². The Hall–Kier alpha value is -3.33. The van der Waals surface area contributed by atoms with Gasteiger partial charge in [0, 0.05) is 6.42 Å². The van der Waals surface area contributed by atoms with Gasteiger partial charge in [-0.3, -0.25) is 0 Å². The molecule has 3 aromatic heterocycles. The standard InChI is InChI=1S/C22H23N5O3S/c1-5-29-22(28)18-12(2)17-19(24-14(4)25-21(17)31-18)23-13(3)20-26-16(27-30-20)11-15-9-7-6-8-10-15/h6-10,13H,5,11H2,1-4H3,(H,23,24,25). The lowest BCUT2D eigenvalue weighted by Crippen LogP contribution is -2.10. The summed E-state index contributed by atoms with van der Waals surface area (Å²) in [5.41, 5.74) is 1.91. The zero-order valence-electron chi connectivity index (χ0n) is 17.8. The van der Waals surface area contributed by atoms with Crippen molar-refractivity contribution in [2.45, 2.75) is 40.2 Å². The van der Waals surface area contributed by atoms with E-state index < -0.39 is 0 Å². The van der Waals surface area contributed by atoms with Crippen molar-refractivity contribution in [2.24, 2.45) is 0 Å². The lowest BCUT2D eigenvalue weighted by atomic mass is 10.1. The van der Waals surface area contributed by atoms with Crippen LogP contribution in [0.1, 0.15) is 58.2 Å². The number of ether oxygens (including phenoxy) is 1. The monoisotopic (exact) mass is 437 g/mol. The molecule has 0 radical (unpaired) electrons. The average Bonchev–Trinajstić information content (AvgIpc) is 3.33. The number of benzene rings is 1. The summed E-state index contributed by atoms with van der Waals surface area (Å²) in [6.07, 6.45) is 0.598. The fraction of sp³-hybridized carbons (Fsp3) is 0.318. The van der Waals surface area contributed by atoms with E-state index in [4.69, 9.17) is 9.26 Å². The molecule has 0 aliphatic heterocycles. The van der Waals surface area contributed by atoms with Crippen LogP contribution in [0.5, 0.6) is 0 Å². The van der Waals surface area contributed by atoms with E-state index in [9.17, 15) is 4.79 Å². The predicted molar refractivity (Wildman–Crippen MR) is 118 cm³/mol. The van der Waals surface area contributed by atoms with Crippen LogP contribution in [0.4, 0.5) is 5.82 Å². The molecule has 0 bridgehead atoms. The van der Waals surface area contributed by atoms with E-state index in [2.05, 4.69) is 25.4 Å². The summed E-state index contributed by atoms with van der Waals surface area (Å²) in [6, 6.07) is 9.71. The molecule has 8 nitrogen and oxygen atoms in total. The number of fused-ring (bicyclic) bond motifs is 1. The second-order valence-corrected chi connectivity index (χ2v) is 8.15. The summed E-state index contributed by atoms with van der Waals surface area (Å²) in [4.78, 5) is 27.2. The van der Waals surface area contributed by atoms with Crippen LogP contribution >= 0.6 is 11.3 Å². The molecule has 1 aromatic carbocycles. The molecule has 0 saturated carbocycles. The molecule has 4 rings (SSSR count). The number of aryl methyl sites for hydroxylation is 2. The van der Waals surface area contributed by atoms with Crippen LogP contribution in [-0.4, -0.2) is 32.7 Å². The van der Waals surface area contributed by atoms with Crippen molar-refractivity contribution in [2.75, 3.05) is 11.9 Å². The zero-order chi connectivity index (χ0) is 22.0. The topological polar surface area (TPSA) is 103 Å². The van der Waals surface area contributed by atoms with E-state index >= 15 is 0 Å². The van der Waals surface area contributed by atoms with E-state index in [0.29, 0.717) is 41.3 Å². The lowest BCUT2D eigenvalue weighted by molar-refractivity contribution is 0.0531. The second-order valence-electron chi connectivity index (χ2n) is 7.15. The van der Waals surface area contributed by atoms with Gasteiger partial charge in [-0.2, -0.15) is 4.98 Å². The van der Waals surface area contributed by atoms with Crippen LogP contribution in [0.3, 0.4) is 0 Å². The van der Waals surface area contributed by atoms with Gasteiger partial charge in [0.1, 0.15) is 27.4 Å². The number of hydrogen-bond acceptors (Lipinski definition) is 9.